The first-order valence-electron chi connectivity index (χ1n) is 7.95. The molecule has 1 saturated heterocycles. The molecular formula is C16H32N4. The van der Waals surface area contributed by atoms with Gasteiger partial charge in [-0.3, -0.25) is 5.32 Å². The molecule has 0 saturated carbocycles. The van der Waals surface area contributed by atoms with Crippen molar-refractivity contribution in [3.8, 4) is 6.07 Å². The van der Waals surface area contributed by atoms with Crippen LogP contribution in [-0.2, 0) is 0 Å². The predicted molar refractivity (Wildman–Crippen MR) is 84.6 cm³/mol. The van der Waals surface area contributed by atoms with Crippen LogP contribution >= 0.6 is 0 Å². The Morgan fingerprint density at radius 2 is 2.05 bits per heavy atom. The maximum Gasteiger partial charge on any atom is 0.105 e. The zero-order chi connectivity index (χ0) is 15.2. The van der Waals surface area contributed by atoms with Crippen molar-refractivity contribution in [1.82, 2.24) is 15.1 Å². The van der Waals surface area contributed by atoms with Crippen LogP contribution in [-0.4, -0.2) is 61.7 Å². The minimum absolute atomic E-state index is 0.408. The molecule has 0 amide bonds. The molecule has 0 aliphatic carbocycles. The van der Waals surface area contributed by atoms with Crippen LogP contribution in [0.15, 0.2) is 0 Å². The molecule has 1 aliphatic rings. The summed E-state index contributed by atoms with van der Waals surface area (Å²) < 4.78 is 0. The van der Waals surface area contributed by atoms with Crippen LogP contribution in [0.25, 0.3) is 0 Å². The van der Waals surface area contributed by atoms with Gasteiger partial charge < -0.3 is 9.80 Å². The lowest BCUT2D eigenvalue weighted by molar-refractivity contribution is 0.142. The molecule has 0 bridgehead atoms. The minimum Gasteiger partial charge on any atom is -0.306 e. The van der Waals surface area contributed by atoms with Crippen LogP contribution in [0.4, 0.5) is 0 Å². The Morgan fingerprint density at radius 3 is 2.55 bits per heavy atom. The van der Waals surface area contributed by atoms with E-state index >= 15 is 0 Å². The van der Waals surface area contributed by atoms with Crippen molar-refractivity contribution in [2.75, 3.05) is 40.3 Å². The van der Waals surface area contributed by atoms with Gasteiger partial charge in [-0.05, 0) is 72.8 Å². The predicted octanol–water partition coefficient (Wildman–Crippen LogP) is 1.93. The second kappa shape index (κ2) is 7.97. The number of nitrogens with one attached hydrogen (secondary N) is 1. The number of nitrogens with zero attached hydrogens (tertiary/aromatic N) is 3. The van der Waals surface area contributed by atoms with Gasteiger partial charge >= 0.3 is 0 Å². The third-order valence-electron chi connectivity index (χ3n) is 4.65. The smallest absolute Gasteiger partial charge is 0.105 e. The summed E-state index contributed by atoms with van der Waals surface area (Å²) in [7, 11) is 4.41. The lowest BCUT2D eigenvalue weighted by Crippen LogP contribution is -2.47. The molecule has 20 heavy (non-hydrogen) atoms. The largest absolute Gasteiger partial charge is 0.306 e. The maximum absolute atomic E-state index is 9.36. The average molecular weight is 280 g/mol. The number of hydrogen-bond acceptors (Lipinski definition) is 4. The Hall–Kier alpha value is -0.630. The Morgan fingerprint density at radius 1 is 1.45 bits per heavy atom. The highest BCUT2D eigenvalue weighted by Gasteiger charge is 2.28. The summed E-state index contributed by atoms with van der Waals surface area (Å²) >= 11 is 0. The van der Waals surface area contributed by atoms with Crippen LogP contribution in [0.2, 0.25) is 0 Å². The fourth-order valence-corrected chi connectivity index (χ4v) is 3.13. The molecule has 1 rings (SSSR count). The monoisotopic (exact) mass is 280 g/mol. The van der Waals surface area contributed by atoms with Crippen LogP contribution in [0, 0.1) is 17.2 Å². The van der Waals surface area contributed by atoms with E-state index < -0.39 is 5.54 Å². The van der Waals surface area contributed by atoms with Crippen molar-refractivity contribution in [3.05, 3.63) is 0 Å². The first-order valence-corrected chi connectivity index (χ1v) is 7.95. The molecule has 116 valence electrons. The zero-order valence-electron chi connectivity index (χ0n) is 13.9. The Balaban J connectivity index is 2.42. The third-order valence-corrected chi connectivity index (χ3v) is 4.65. The van der Waals surface area contributed by atoms with Gasteiger partial charge in [0.05, 0.1) is 6.07 Å². The van der Waals surface area contributed by atoms with Crippen molar-refractivity contribution >= 4 is 0 Å². The topological polar surface area (TPSA) is 42.3 Å². The molecule has 0 aromatic rings. The molecule has 0 spiro atoms. The van der Waals surface area contributed by atoms with Gasteiger partial charge in [0.2, 0.25) is 0 Å². The number of hydrogen-bond donors (Lipinski definition) is 1. The summed E-state index contributed by atoms with van der Waals surface area (Å²) in [5, 5.41) is 12.7. The molecule has 4 nitrogen and oxygen atoms in total. The fourth-order valence-electron chi connectivity index (χ4n) is 3.13. The van der Waals surface area contributed by atoms with E-state index in [0.29, 0.717) is 6.04 Å². The van der Waals surface area contributed by atoms with Gasteiger partial charge in [-0.15, -0.1) is 0 Å². The van der Waals surface area contributed by atoms with E-state index in [1.165, 1.54) is 25.9 Å². The Labute approximate surface area is 125 Å². The lowest BCUT2D eigenvalue weighted by atomic mass is 9.92. The normalized spacial score (nSPS) is 22.4. The molecule has 0 aromatic carbocycles. The van der Waals surface area contributed by atoms with Crippen LogP contribution in [0.3, 0.4) is 0 Å². The second-order valence-electron chi connectivity index (χ2n) is 6.71. The maximum atomic E-state index is 9.36. The highest BCUT2D eigenvalue weighted by atomic mass is 15.1. The molecular weight excluding hydrogens is 248 g/mol. The molecule has 1 N–H and O–H groups in total. The van der Waals surface area contributed by atoms with Crippen LogP contribution in [0.5, 0.6) is 0 Å². The number of piperidine rings is 1. The molecule has 2 unspecified atom stereocenters. The molecule has 4 heteroatoms. The molecule has 1 fully saturated rings. The van der Waals surface area contributed by atoms with E-state index in [2.05, 4.69) is 49.1 Å². The van der Waals surface area contributed by atoms with E-state index in [4.69, 9.17) is 0 Å². The quantitative estimate of drug-likeness (QED) is 0.774. The minimum atomic E-state index is -0.408. The van der Waals surface area contributed by atoms with Crippen molar-refractivity contribution in [2.24, 2.45) is 5.92 Å². The highest BCUT2D eigenvalue weighted by Crippen LogP contribution is 2.20. The molecule has 0 radical (unpaired) electrons. The Bertz CT molecular complexity index is 317. The van der Waals surface area contributed by atoms with Gasteiger partial charge in [-0.2, -0.15) is 5.26 Å². The molecule has 0 aromatic heterocycles. The molecule has 1 heterocycles. The van der Waals surface area contributed by atoms with Crippen molar-refractivity contribution in [3.63, 3.8) is 0 Å². The summed E-state index contributed by atoms with van der Waals surface area (Å²) in [5.41, 5.74) is -0.408. The van der Waals surface area contributed by atoms with E-state index in [1.807, 2.05) is 6.92 Å². The van der Waals surface area contributed by atoms with Gasteiger partial charge in [-0.25, -0.2) is 0 Å². The van der Waals surface area contributed by atoms with Gasteiger partial charge in [0.25, 0.3) is 0 Å². The van der Waals surface area contributed by atoms with Crippen molar-refractivity contribution in [1.29, 1.82) is 5.26 Å². The fraction of sp³-hybridized carbons (Fsp3) is 0.938. The average Bonchev–Trinajstić information content (AvgIpc) is 2.41. The van der Waals surface area contributed by atoms with Gasteiger partial charge in [0.1, 0.15) is 5.54 Å². The van der Waals surface area contributed by atoms with Crippen molar-refractivity contribution < 1.29 is 0 Å². The summed E-state index contributed by atoms with van der Waals surface area (Å²) in [5.74, 6) is 0.811. The number of rotatable bonds is 7. The zero-order valence-corrected chi connectivity index (χ0v) is 13.9. The summed E-state index contributed by atoms with van der Waals surface area (Å²) in [6, 6.07) is 2.86. The Kier molecular flexibility index (Phi) is 6.94. The molecule has 1 aliphatic heterocycles. The third kappa shape index (κ3) is 5.40. The highest BCUT2D eigenvalue weighted by molar-refractivity contribution is 5.05. The SMILES string of the molecule is CCNC(C)(C#N)CC(C)N(C)CC1CCN(C)CC1. The lowest BCUT2D eigenvalue weighted by Gasteiger charge is -2.36. The van der Waals surface area contributed by atoms with Gasteiger partial charge in [0, 0.05) is 12.6 Å². The van der Waals surface area contributed by atoms with Crippen LogP contribution in [0.1, 0.15) is 40.0 Å². The number of nitriles is 1. The van der Waals surface area contributed by atoms with Crippen molar-refractivity contribution in [2.45, 2.75) is 51.6 Å². The second-order valence-corrected chi connectivity index (χ2v) is 6.71. The summed E-state index contributed by atoms with van der Waals surface area (Å²) in [6.07, 6.45) is 3.48. The first kappa shape index (κ1) is 17.4. The van der Waals surface area contributed by atoms with Crippen LogP contribution < -0.4 is 5.32 Å². The molecule has 2 atom stereocenters. The van der Waals surface area contributed by atoms with E-state index in [0.717, 1.165) is 25.4 Å². The van der Waals surface area contributed by atoms with Gasteiger partial charge in [0.15, 0.2) is 0 Å². The number of likely N-dealkylation sites (tertiary alicyclic amines) is 1. The summed E-state index contributed by atoms with van der Waals surface area (Å²) in [6.45, 7) is 10.7. The van der Waals surface area contributed by atoms with Gasteiger partial charge in [-0.1, -0.05) is 6.92 Å². The summed E-state index contributed by atoms with van der Waals surface area (Å²) in [4.78, 5) is 4.85. The standard InChI is InChI=1S/C16H32N4/c1-6-18-16(3,13-17)11-14(2)20(5)12-15-7-9-19(4)10-8-15/h14-15,18H,6-12H2,1-5H3. The van der Waals surface area contributed by atoms with E-state index in [9.17, 15) is 5.26 Å². The first-order chi connectivity index (χ1) is 9.40. The van der Waals surface area contributed by atoms with E-state index in [1.54, 1.807) is 0 Å². The van der Waals surface area contributed by atoms with E-state index in [-0.39, 0.29) is 0 Å².